The van der Waals surface area contributed by atoms with Crippen molar-refractivity contribution in [2.24, 2.45) is 5.41 Å². The molecule has 0 bridgehead atoms. The summed E-state index contributed by atoms with van der Waals surface area (Å²) in [5.74, 6) is 0.00873. The van der Waals surface area contributed by atoms with Gasteiger partial charge in [-0.05, 0) is 48.8 Å². The van der Waals surface area contributed by atoms with Gasteiger partial charge in [0.15, 0.2) is 0 Å². The summed E-state index contributed by atoms with van der Waals surface area (Å²) < 4.78 is 38.1. The van der Waals surface area contributed by atoms with Crippen LogP contribution >= 0.6 is 0 Å². The van der Waals surface area contributed by atoms with Crippen molar-refractivity contribution in [2.75, 3.05) is 19.6 Å². The number of halogens is 3. The molecule has 3 nitrogen and oxygen atoms in total. The summed E-state index contributed by atoms with van der Waals surface area (Å²) in [6.45, 7) is 7.18. The second kappa shape index (κ2) is 7.22. The van der Waals surface area contributed by atoms with Crippen LogP contribution in [-0.4, -0.2) is 41.5 Å². The predicted octanol–water partition coefficient (Wildman–Crippen LogP) is 4.32. The summed E-state index contributed by atoms with van der Waals surface area (Å²) in [5, 5.41) is 0. The van der Waals surface area contributed by atoms with Gasteiger partial charge in [0, 0.05) is 19.6 Å². The normalized spacial score (nSPS) is 24.0. The third-order valence-corrected chi connectivity index (χ3v) is 5.66. The molecule has 2 aliphatic heterocycles. The molecule has 6 heteroatoms. The Morgan fingerprint density at radius 1 is 1.08 bits per heavy atom. The summed E-state index contributed by atoms with van der Waals surface area (Å²) in [6.07, 6.45) is 0.259. The first kappa shape index (κ1) is 19.2. The van der Waals surface area contributed by atoms with Crippen molar-refractivity contribution in [1.29, 1.82) is 0 Å². The minimum atomic E-state index is -4.35. The zero-order valence-corrected chi connectivity index (χ0v) is 15.5. The van der Waals surface area contributed by atoms with Gasteiger partial charge in [-0.2, -0.15) is 13.2 Å². The lowest BCUT2D eigenvalue weighted by molar-refractivity contribution is -0.147. The molecule has 1 unspecified atom stereocenters. The Bertz CT molecular complexity index is 633. The fourth-order valence-corrected chi connectivity index (χ4v) is 4.40. The molecule has 26 heavy (non-hydrogen) atoms. The number of nitrogens with zero attached hydrogens (tertiary/aromatic N) is 2. The van der Waals surface area contributed by atoms with Crippen LogP contribution in [0.5, 0.6) is 0 Å². The summed E-state index contributed by atoms with van der Waals surface area (Å²) in [6, 6.07) is 4.95. The van der Waals surface area contributed by atoms with E-state index in [1.54, 1.807) is 0 Å². The van der Waals surface area contributed by atoms with Gasteiger partial charge in [-0.1, -0.05) is 26.0 Å². The Balaban J connectivity index is 1.74. The van der Waals surface area contributed by atoms with Crippen LogP contribution in [0.1, 0.15) is 50.7 Å². The molecule has 0 N–H and O–H groups in total. The predicted molar refractivity (Wildman–Crippen MR) is 94.5 cm³/mol. The largest absolute Gasteiger partial charge is 0.416 e. The molecular formula is C20H27F3N2O. The third kappa shape index (κ3) is 4.05. The average molecular weight is 368 g/mol. The maximum Gasteiger partial charge on any atom is 0.416 e. The van der Waals surface area contributed by atoms with Gasteiger partial charge in [0.1, 0.15) is 0 Å². The number of benzene rings is 1. The van der Waals surface area contributed by atoms with Gasteiger partial charge < -0.3 is 4.90 Å². The maximum absolute atomic E-state index is 13.0. The van der Waals surface area contributed by atoms with Gasteiger partial charge in [-0.25, -0.2) is 0 Å². The quantitative estimate of drug-likeness (QED) is 0.793. The molecule has 1 atom stereocenters. The summed E-state index contributed by atoms with van der Waals surface area (Å²) in [7, 11) is 0. The number of piperidine rings is 1. The fourth-order valence-electron chi connectivity index (χ4n) is 4.40. The summed E-state index contributed by atoms with van der Waals surface area (Å²) in [5.41, 5.74) is -0.0208. The van der Waals surface area contributed by atoms with E-state index in [1.807, 2.05) is 4.90 Å². The molecule has 0 aliphatic carbocycles. The first-order chi connectivity index (χ1) is 12.2. The molecule has 2 saturated heterocycles. The van der Waals surface area contributed by atoms with Crippen LogP contribution in [0.2, 0.25) is 0 Å². The van der Waals surface area contributed by atoms with Crippen LogP contribution in [0.15, 0.2) is 24.3 Å². The molecule has 1 aromatic carbocycles. The molecule has 2 heterocycles. The van der Waals surface area contributed by atoms with Gasteiger partial charge in [0.25, 0.3) is 0 Å². The topological polar surface area (TPSA) is 23.6 Å². The van der Waals surface area contributed by atoms with E-state index in [9.17, 15) is 18.0 Å². The van der Waals surface area contributed by atoms with Crippen molar-refractivity contribution in [3.8, 4) is 0 Å². The second-order valence-electron chi connectivity index (χ2n) is 8.17. The van der Waals surface area contributed by atoms with Crippen molar-refractivity contribution < 1.29 is 18.0 Å². The number of carbonyl (C=O) groups excluding carboxylic acids is 1. The number of alkyl halides is 3. The number of carbonyl (C=O) groups is 1. The monoisotopic (exact) mass is 368 g/mol. The second-order valence-corrected chi connectivity index (χ2v) is 8.17. The number of hydrogen-bond acceptors (Lipinski definition) is 2. The van der Waals surface area contributed by atoms with Crippen LogP contribution in [0.4, 0.5) is 13.2 Å². The molecule has 0 spiro atoms. The van der Waals surface area contributed by atoms with E-state index in [0.717, 1.165) is 57.5 Å². The van der Waals surface area contributed by atoms with Crippen molar-refractivity contribution in [2.45, 2.75) is 58.3 Å². The average Bonchev–Trinajstić information content (AvgIpc) is 3.07. The molecule has 2 aliphatic rings. The molecule has 0 radical (unpaired) electrons. The maximum atomic E-state index is 13.0. The highest BCUT2D eigenvalue weighted by Crippen LogP contribution is 2.38. The molecule has 0 saturated carbocycles. The van der Waals surface area contributed by atoms with Crippen molar-refractivity contribution >= 4 is 5.91 Å². The molecule has 2 fully saturated rings. The van der Waals surface area contributed by atoms with Crippen molar-refractivity contribution in [3.05, 3.63) is 35.4 Å². The van der Waals surface area contributed by atoms with Crippen LogP contribution in [0.3, 0.4) is 0 Å². The highest BCUT2D eigenvalue weighted by molar-refractivity contribution is 5.79. The Morgan fingerprint density at radius 3 is 2.27 bits per heavy atom. The molecule has 1 aromatic rings. The Hall–Kier alpha value is -1.56. The first-order valence-electron chi connectivity index (χ1n) is 9.38. The van der Waals surface area contributed by atoms with E-state index >= 15 is 0 Å². The number of rotatable bonds is 3. The van der Waals surface area contributed by atoms with E-state index in [0.29, 0.717) is 5.56 Å². The zero-order chi connectivity index (χ0) is 18.9. The first-order valence-corrected chi connectivity index (χ1v) is 9.38. The summed E-state index contributed by atoms with van der Waals surface area (Å²) >= 11 is 0. The van der Waals surface area contributed by atoms with Gasteiger partial charge in [-0.3, -0.25) is 9.69 Å². The fraction of sp³-hybridized carbons (Fsp3) is 0.650. The van der Waals surface area contributed by atoms with Crippen LogP contribution < -0.4 is 0 Å². The molecule has 0 aromatic heterocycles. The zero-order valence-electron chi connectivity index (χ0n) is 15.5. The van der Waals surface area contributed by atoms with Crippen LogP contribution in [-0.2, 0) is 17.4 Å². The molecule has 3 rings (SSSR count). The Kier molecular flexibility index (Phi) is 5.33. The highest BCUT2D eigenvalue weighted by Gasteiger charge is 2.43. The van der Waals surface area contributed by atoms with Gasteiger partial charge in [-0.15, -0.1) is 0 Å². The molecule has 144 valence electrons. The summed E-state index contributed by atoms with van der Waals surface area (Å²) in [4.78, 5) is 17.4. The van der Waals surface area contributed by atoms with Gasteiger partial charge >= 0.3 is 6.18 Å². The minimum Gasteiger partial charge on any atom is -0.326 e. The SMILES string of the molecule is CC1(C)CCCN(C(=O)Cc2ccc(C(F)(F)F)cc2)C1N1CCCC1. The smallest absolute Gasteiger partial charge is 0.326 e. The minimum absolute atomic E-state index is 0.00873. The lowest BCUT2D eigenvalue weighted by Gasteiger charge is -2.50. The standard InChI is InChI=1S/C20H27F3N2O/c1-19(2)10-5-13-25(18(19)24-11-3-4-12-24)17(26)14-15-6-8-16(9-7-15)20(21,22)23/h6-9,18H,3-5,10-14H2,1-2H3. The van der Waals surface area contributed by atoms with Crippen LogP contribution in [0, 0.1) is 5.41 Å². The highest BCUT2D eigenvalue weighted by atomic mass is 19.4. The van der Waals surface area contributed by atoms with Crippen molar-refractivity contribution in [3.63, 3.8) is 0 Å². The van der Waals surface area contributed by atoms with Gasteiger partial charge in [0.2, 0.25) is 5.91 Å². The third-order valence-electron chi connectivity index (χ3n) is 5.66. The number of hydrogen-bond donors (Lipinski definition) is 0. The van der Waals surface area contributed by atoms with Crippen LogP contribution in [0.25, 0.3) is 0 Å². The van der Waals surface area contributed by atoms with Crippen molar-refractivity contribution in [1.82, 2.24) is 9.80 Å². The molecular weight excluding hydrogens is 341 g/mol. The lowest BCUT2D eigenvalue weighted by atomic mass is 9.79. The van der Waals surface area contributed by atoms with E-state index in [1.165, 1.54) is 12.1 Å². The van der Waals surface area contributed by atoms with Gasteiger partial charge in [0.05, 0.1) is 18.2 Å². The number of amides is 1. The van der Waals surface area contributed by atoms with E-state index in [2.05, 4.69) is 18.7 Å². The lowest BCUT2D eigenvalue weighted by Crippen LogP contribution is -2.60. The van der Waals surface area contributed by atoms with E-state index in [-0.39, 0.29) is 23.9 Å². The van der Waals surface area contributed by atoms with E-state index in [4.69, 9.17) is 0 Å². The molecule has 1 amide bonds. The Morgan fingerprint density at radius 2 is 1.69 bits per heavy atom. The van der Waals surface area contributed by atoms with E-state index < -0.39 is 11.7 Å². The Labute approximate surface area is 153 Å². The number of likely N-dealkylation sites (tertiary alicyclic amines) is 2.